The Hall–Kier alpha value is -2.39. The lowest BCUT2D eigenvalue weighted by Crippen LogP contribution is -2.50. The van der Waals surface area contributed by atoms with Crippen molar-refractivity contribution in [2.24, 2.45) is 0 Å². The predicted molar refractivity (Wildman–Crippen MR) is 94.6 cm³/mol. The Morgan fingerprint density at radius 1 is 1.38 bits per heavy atom. The molecule has 1 saturated heterocycles. The Morgan fingerprint density at radius 2 is 2.19 bits per heavy atom. The molecule has 0 saturated carbocycles. The molecule has 0 aliphatic carbocycles. The molecule has 26 heavy (non-hydrogen) atoms. The molecule has 1 fully saturated rings. The molecule has 1 N–H and O–H groups in total. The van der Waals surface area contributed by atoms with Gasteiger partial charge in [0.1, 0.15) is 6.67 Å². The van der Waals surface area contributed by atoms with Gasteiger partial charge in [0.15, 0.2) is 5.82 Å². The minimum atomic E-state index is -0.622. The highest BCUT2D eigenvalue weighted by Crippen LogP contribution is 2.21. The number of nitrogens with one attached hydrogen (secondary N) is 1. The van der Waals surface area contributed by atoms with Gasteiger partial charge in [0, 0.05) is 31.9 Å². The Bertz CT molecular complexity index is 739. The van der Waals surface area contributed by atoms with E-state index < -0.39 is 12.7 Å². The molecule has 0 radical (unpaired) electrons. The van der Waals surface area contributed by atoms with Gasteiger partial charge in [-0.2, -0.15) is 0 Å². The van der Waals surface area contributed by atoms with E-state index in [0.717, 1.165) is 4.88 Å². The quantitative estimate of drug-likeness (QED) is 0.824. The van der Waals surface area contributed by atoms with Crippen LogP contribution in [-0.2, 0) is 9.53 Å². The van der Waals surface area contributed by atoms with Gasteiger partial charge in [-0.1, -0.05) is 6.07 Å². The molecular weight excluding hydrogens is 359 g/mol. The molecule has 9 heteroatoms. The summed E-state index contributed by atoms with van der Waals surface area (Å²) in [6.45, 7) is 0.403. The van der Waals surface area contributed by atoms with Crippen molar-refractivity contribution < 1.29 is 18.7 Å². The molecular formula is C17H19FN4O3S. The summed E-state index contributed by atoms with van der Waals surface area (Å²) in [7, 11) is 0. The molecule has 1 atom stereocenters. The number of alkyl halides is 1. The summed E-state index contributed by atoms with van der Waals surface area (Å²) < 4.78 is 17.6. The summed E-state index contributed by atoms with van der Waals surface area (Å²) in [5.41, 5.74) is 0.362. The SMILES string of the molecule is O=C(C[C@@H]1COCCN1C(=O)c1cnc(-c2cccs2)nc1)NCCF. The number of nitrogens with zero attached hydrogens (tertiary/aromatic N) is 3. The predicted octanol–water partition coefficient (Wildman–Crippen LogP) is 1.52. The van der Waals surface area contributed by atoms with E-state index in [0.29, 0.717) is 24.5 Å². The fourth-order valence-electron chi connectivity index (χ4n) is 2.70. The Kier molecular flexibility index (Phi) is 6.24. The molecule has 1 aliphatic rings. The molecule has 0 spiro atoms. The number of hydrogen-bond donors (Lipinski definition) is 1. The third kappa shape index (κ3) is 4.41. The van der Waals surface area contributed by atoms with E-state index >= 15 is 0 Å². The number of hydrogen-bond acceptors (Lipinski definition) is 6. The fourth-order valence-corrected chi connectivity index (χ4v) is 3.37. The number of morpholine rings is 1. The number of carbonyl (C=O) groups is 2. The monoisotopic (exact) mass is 378 g/mol. The summed E-state index contributed by atoms with van der Waals surface area (Å²) in [6, 6.07) is 3.43. The number of thiophene rings is 1. The van der Waals surface area contributed by atoms with Crippen molar-refractivity contribution >= 4 is 23.2 Å². The highest BCUT2D eigenvalue weighted by molar-refractivity contribution is 7.13. The molecule has 0 unspecified atom stereocenters. The minimum Gasteiger partial charge on any atom is -0.377 e. The van der Waals surface area contributed by atoms with Crippen LogP contribution in [0.1, 0.15) is 16.8 Å². The average Bonchev–Trinajstić information content (AvgIpc) is 3.21. The van der Waals surface area contributed by atoms with Gasteiger partial charge < -0.3 is 15.0 Å². The lowest BCUT2D eigenvalue weighted by atomic mass is 10.1. The Balaban J connectivity index is 1.68. The van der Waals surface area contributed by atoms with Gasteiger partial charge >= 0.3 is 0 Å². The summed E-state index contributed by atoms with van der Waals surface area (Å²) in [4.78, 5) is 35.7. The van der Waals surface area contributed by atoms with Crippen LogP contribution in [0.4, 0.5) is 4.39 Å². The second-order valence-corrected chi connectivity index (χ2v) is 6.69. The van der Waals surface area contributed by atoms with Crippen LogP contribution in [0.2, 0.25) is 0 Å². The first-order chi connectivity index (χ1) is 12.7. The van der Waals surface area contributed by atoms with Crippen LogP contribution in [-0.4, -0.2) is 65.7 Å². The van der Waals surface area contributed by atoms with Crippen molar-refractivity contribution in [3.8, 4) is 10.7 Å². The maximum absolute atomic E-state index is 12.8. The van der Waals surface area contributed by atoms with Crippen molar-refractivity contribution in [2.75, 3.05) is 33.0 Å². The number of rotatable bonds is 6. The highest BCUT2D eigenvalue weighted by Gasteiger charge is 2.30. The van der Waals surface area contributed by atoms with Gasteiger partial charge in [0.25, 0.3) is 5.91 Å². The normalized spacial score (nSPS) is 17.1. The van der Waals surface area contributed by atoms with Crippen LogP contribution in [0.5, 0.6) is 0 Å². The van der Waals surface area contributed by atoms with Crippen molar-refractivity contribution in [2.45, 2.75) is 12.5 Å². The van der Waals surface area contributed by atoms with Crippen LogP contribution in [0, 0.1) is 0 Å². The largest absolute Gasteiger partial charge is 0.377 e. The summed E-state index contributed by atoms with van der Waals surface area (Å²) in [6.07, 6.45) is 3.07. The third-order valence-corrected chi connectivity index (χ3v) is 4.83. The molecule has 3 rings (SSSR count). The molecule has 7 nitrogen and oxygen atoms in total. The van der Waals surface area contributed by atoms with Crippen LogP contribution in [0.25, 0.3) is 10.7 Å². The standard InChI is InChI=1S/C17H19FN4O3S/c18-3-4-19-15(23)8-13-11-25-6-5-22(13)17(24)12-9-20-16(21-10-12)14-2-1-7-26-14/h1-2,7,9-10,13H,3-6,8,11H2,(H,19,23)/t13-/m1/s1. The molecule has 1 aliphatic heterocycles. The molecule has 138 valence electrons. The Labute approximate surface area is 154 Å². The van der Waals surface area contributed by atoms with Crippen LogP contribution >= 0.6 is 11.3 Å². The van der Waals surface area contributed by atoms with Crippen LogP contribution in [0.3, 0.4) is 0 Å². The first kappa shape index (κ1) is 18.4. The lowest BCUT2D eigenvalue weighted by Gasteiger charge is -2.35. The molecule has 0 bridgehead atoms. The summed E-state index contributed by atoms with van der Waals surface area (Å²) in [5.74, 6) is 0.0234. The molecule has 2 amide bonds. The zero-order valence-corrected chi connectivity index (χ0v) is 14.9. The first-order valence-electron chi connectivity index (χ1n) is 8.26. The van der Waals surface area contributed by atoms with E-state index in [9.17, 15) is 14.0 Å². The van der Waals surface area contributed by atoms with Gasteiger partial charge in [-0.25, -0.2) is 14.4 Å². The van der Waals surface area contributed by atoms with E-state index in [1.54, 1.807) is 4.90 Å². The van der Waals surface area contributed by atoms with E-state index in [4.69, 9.17) is 4.74 Å². The van der Waals surface area contributed by atoms with Crippen LogP contribution < -0.4 is 5.32 Å². The average molecular weight is 378 g/mol. The second-order valence-electron chi connectivity index (χ2n) is 5.74. The van der Waals surface area contributed by atoms with E-state index in [1.807, 2.05) is 17.5 Å². The maximum Gasteiger partial charge on any atom is 0.257 e. The molecule has 2 aromatic heterocycles. The van der Waals surface area contributed by atoms with Gasteiger partial charge in [-0.3, -0.25) is 9.59 Å². The van der Waals surface area contributed by atoms with E-state index in [2.05, 4.69) is 15.3 Å². The Morgan fingerprint density at radius 3 is 2.88 bits per heavy atom. The zero-order chi connectivity index (χ0) is 18.4. The van der Waals surface area contributed by atoms with Crippen molar-refractivity contribution in [1.29, 1.82) is 0 Å². The minimum absolute atomic E-state index is 0.0294. The fraction of sp³-hybridized carbons (Fsp3) is 0.412. The van der Waals surface area contributed by atoms with E-state index in [-0.39, 0.29) is 31.4 Å². The smallest absolute Gasteiger partial charge is 0.257 e. The van der Waals surface area contributed by atoms with E-state index in [1.165, 1.54) is 23.7 Å². The summed E-state index contributed by atoms with van der Waals surface area (Å²) in [5, 5.41) is 4.41. The van der Waals surface area contributed by atoms with Crippen LogP contribution in [0.15, 0.2) is 29.9 Å². The summed E-state index contributed by atoms with van der Waals surface area (Å²) >= 11 is 1.52. The van der Waals surface area contributed by atoms with Gasteiger partial charge in [0.05, 0.1) is 29.7 Å². The first-order valence-corrected chi connectivity index (χ1v) is 9.14. The number of ether oxygens (including phenoxy) is 1. The van der Waals surface area contributed by atoms with Crippen molar-refractivity contribution in [3.05, 3.63) is 35.5 Å². The zero-order valence-electron chi connectivity index (χ0n) is 14.1. The molecule has 2 aromatic rings. The van der Waals surface area contributed by atoms with Crippen molar-refractivity contribution in [1.82, 2.24) is 20.2 Å². The van der Waals surface area contributed by atoms with Gasteiger partial charge in [0.2, 0.25) is 5.91 Å². The number of aromatic nitrogens is 2. The van der Waals surface area contributed by atoms with Gasteiger partial charge in [-0.15, -0.1) is 11.3 Å². The number of carbonyl (C=O) groups excluding carboxylic acids is 2. The number of amides is 2. The lowest BCUT2D eigenvalue weighted by molar-refractivity contribution is -0.123. The highest BCUT2D eigenvalue weighted by atomic mass is 32.1. The second kappa shape index (κ2) is 8.81. The molecule has 3 heterocycles. The third-order valence-electron chi connectivity index (χ3n) is 3.97. The van der Waals surface area contributed by atoms with Gasteiger partial charge in [-0.05, 0) is 11.4 Å². The number of halogens is 1. The maximum atomic E-state index is 12.8. The topological polar surface area (TPSA) is 84.4 Å². The van der Waals surface area contributed by atoms with Crippen molar-refractivity contribution in [3.63, 3.8) is 0 Å². The molecule has 0 aromatic carbocycles.